The lowest BCUT2D eigenvalue weighted by Crippen LogP contribution is -2.18. The zero-order valence-corrected chi connectivity index (χ0v) is 11.5. The third-order valence-corrected chi connectivity index (χ3v) is 3.44. The lowest BCUT2D eigenvalue weighted by Gasteiger charge is -2.07. The summed E-state index contributed by atoms with van der Waals surface area (Å²) in [6, 6.07) is 11.1. The normalized spacial score (nSPS) is 11.2. The lowest BCUT2D eigenvalue weighted by atomic mass is 10.1. The van der Waals surface area contributed by atoms with E-state index in [1.54, 1.807) is 13.2 Å². The molecule has 1 aromatic carbocycles. The van der Waals surface area contributed by atoms with Crippen LogP contribution in [-0.4, -0.2) is 18.7 Å². The Balaban J connectivity index is 2.13. The van der Waals surface area contributed by atoms with Crippen LogP contribution in [0.5, 0.6) is 5.75 Å². The Morgan fingerprint density at radius 1 is 1.26 bits per heavy atom. The smallest absolute Gasteiger partial charge is 0.281 e. The summed E-state index contributed by atoms with van der Waals surface area (Å²) in [5.74, 6) is 0.526. The van der Waals surface area contributed by atoms with Gasteiger partial charge in [-0.15, -0.1) is 11.3 Å². The molecule has 4 nitrogen and oxygen atoms in total. The van der Waals surface area contributed by atoms with E-state index in [4.69, 9.17) is 4.74 Å². The molecule has 1 amide bonds. The van der Waals surface area contributed by atoms with E-state index in [1.807, 2.05) is 42.6 Å². The largest absolute Gasteiger partial charge is 0.496 e. The van der Waals surface area contributed by atoms with Crippen LogP contribution in [0.25, 0.3) is 0 Å². The SMILES string of the molecule is COc1ccccc1/C(C)=N\NC(=O)c1cccs1. The molecule has 1 N–H and O–H groups in total. The fourth-order valence-corrected chi connectivity index (χ4v) is 2.21. The number of hydrogen-bond donors (Lipinski definition) is 1. The van der Waals surface area contributed by atoms with Crippen molar-refractivity contribution in [3.8, 4) is 5.75 Å². The first-order valence-corrected chi connectivity index (χ1v) is 6.62. The van der Waals surface area contributed by atoms with Crippen molar-refractivity contribution in [2.45, 2.75) is 6.92 Å². The Morgan fingerprint density at radius 3 is 2.74 bits per heavy atom. The second-order valence-electron chi connectivity index (χ2n) is 3.82. The molecule has 2 aromatic rings. The topological polar surface area (TPSA) is 50.7 Å². The number of hydrazone groups is 1. The molecule has 0 unspecified atom stereocenters. The molecule has 0 spiro atoms. The first-order chi connectivity index (χ1) is 9.22. The Kier molecular flexibility index (Phi) is 4.30. The molecule has 0 fully saturated rings. The average Bonchev–Trinajstić information content (AvgIpc) is 2.98. The number of methoxy groups -OCH3 is 1. The third-order valence-electron chi connectivity index (χ3n) is 2.57. The van der Waals surface area contributed by atoms with Crippen molar-refractivity contribution in [3.05, 3.63) is 52.2 Å². The lowest BCUT2D eigenvalue weighted by molar-refractivity contribution is 0.0959. The van der Waals surface area contributed by atoms with Crippen molar-refractivity contribution in [2.75, 3.05) is 7.11 Å². The van der Waals surface area contributed by atoms with Gasteiger partial charge in [-0.1, -0.05) is 18.2 Å². The zero-order valence-electron chi connectivity index (χ0n) is 10.7. The Bertz CT molecular complexity index is 591. The second-order valence-corrected chi connectivity index (χ2v) is 4.76. The van der Waals surface area contributed by atoms with Gasteiger partial charge in [-0.2, -0.15) is 5.10 Å². The summed E-state index contributed by atoms with van der Waals surface area (Å²) in [5.41, 5.74) is 4.09. The number of rotatable bonds is 4. The highest BCUT2D eigenvalue weighted by Crippen LogP contribution is 2.18. The number of para-hydroxylation sites is 1. The molecule has 5 heteroatoms. The number of hydrogen-bond acceptors (Lipinski definition) is 4. The van der Waals surface area contributed by atoms with Gasteiger partial charge in [0.05, 0.1) is 17.7 Å². The maximum absolute atomic E-state index is 11.8. The summed E-state index contributed by atoms with van der Waals surface area (Å²) in [6.45, 7) is 1.83. The van der Waals surface area contributed by atoms with Crippen molar-refractivity contribution in [1.82, 2.24) is 5.43 Å². The maximum atomic E-state index is 11.8. The molecular weight excluding hydrogens is 260 g/mol. The van der Waals surface area contributed by atoms with Gasteiger partial charge in [-0.05, 0) is 30.5 Å². The van der Waals surface area contributed by atoms with E-state index < -0.39 is 0 Å². The van der Waals surface area contributed by atoms with E-state index in [-0.39, 0.29) is 5.91 Å². The zero-order chi connectivity index (χ0) is 13.7. The van der Waals surface area contributed by atoms with E-state index in [0.717, 1.165) is 11.3 Å². The summed E-state index contributed by atoms with van der Waals surface area (Å²) in [5, 5.41) is 5.96. The van der Waals surface area contributed by atoms with Crippen LogP contribution in [-0.2, 0) is 0 Å². The molecule has 19 heavy (non-hydrogen) atoms. The van der Waals surface area contributed by atoms with Crippen molar-refractivity contribution >= 4 is 23.0 Å². The van der Waals surface area contributed by atoms with Crippen LogP contribution in [0.1, 0.15) is 22.2 Å². The van der Waals surface area contributed by atoms with Gasteiger partial charge in [0, 0.05) is 5.56 Å². The van der Waals surface area contributed by atoms with Crippen molar-refractivity contribution in [1.29, 1.82) is 0 Å². The quantitative estimate of drug-likeness (QED) is 0.688. The highest BCUT2D eigenvalue weighted by Gasteiger charge is 2.07. The third kappa shape index (κ3) is 3.20. The maximum Gasteiger partial charge on any atom is 0.281 e. The molecule has 0 atom stereocenters. The van der Waals surface area contributed by atoms with E-state index in [1.165, 1.54) is 11.3 Å². The van der Waals surface area contributed by atoms with E-state index in [2.05, 4.69) is 10.5 Å². The van der Waals surface area contributed by atoms with Crippen molar-refractivity contribution < 1.29 is 9.53 Å². The van der Waals surface area contributed by atoms with Crippen LogP contribution in [0.4, 0.5) is 0 Å². The van der Waals surface area contributed by atoms with Gasteiger partial charge in [-0.3, -0.25) is 4.79 Å². The van der Waals surface area contributed by atoms with Gasteiger partial charge in [0.1, 0.15) is 5.75 Å². The number of thiophene rings is 1. The average molecular weight is 274 g/mol. The number of ether oxygens (including phenoxy) is 1. The first kappa shape index (κ1) is 13.3. The molecule has 0 aliphatic rings. The van der Waals surface area contributed by atoms with Gasteiger partial charge in [0.25, 0.3) is 5.91 Å². The first-order valence-electron chi connectivity index (χ1n) is 5.74. The molecule has 0 saturated carbocycles. The van der Waals surface area contributed by atoms with E-state index in [9.17, 15) is 4.79 Å². The fourth-order valence-electron chi connectivity index (χ4n) is 1.60. The van der Waals surface area contributed by atoms with Crippen LogP contribution in [0, 0.1) is 0 Å². The predicted octanol–water partition coefficient (Wildman–Crippen LogP) is 2.91. The highest BCUT2D eigenvalue weighted by molar-refractivity contribution is 7.12. The number of amides is 1. The van der Waals surface area contributed by atoms with Gasteiger partial charge in [0.15, 0.2) is 0 Å². The monoisotopic (exact) mass is 274 g/mol. The Hall–Kier alpha value is -2.14. The summed E-state index contributed by atoms with van der Waals surface area (Å²) >= 11 is 1.38. The number of nitrogens with one attached hydrogen (secondary N) is 1. The molecule has 1 heterocycles. The summed E-state index contributed by atoms with van der Waals surface area (Å²) < 4.78 is 5.25. The van der Waals surface area contributed by atoms with Crippen molar-refractivity contribution in [3.63, 3.8) is 0 Å². The van der Waals surface area contributed by atoms with Gasteiger partial charge >= 0.3 is 0 Å². The minimum absolute atomic E-state index is 0.204. The summed E-state index contributed by atoms with van der Waals surface area (Å²) in [7, 11) is 1.61. The molecule has 0 radical (unpaired) electrons. The minimum Gasteiger partial charge on any atom is -0.496 e. The molecule has 0 saturated heterocycles. The molecular formula is C14H14N2O2S. The molecule has 1 aromatic heterocycles. The Labute approximate surface area is 115 Å². The number of nitrogens with zero attached hydrogens (tertiary/aromatic N) is 1. The molecule has 2 rings (SSSR count). The van der Waals surface area contributed by atoms with Crippen LogP contribution in [0.2, 0.25) is 0 Å². The van der Waals surface area contributed by atoms with Gasteiger partial charge in [0.2, 0.25) is 0 Å². The summed E-state index contributed by atoms with van der Waals surface area (Å²) in [4.78, 5) is 12.4. The standard InChI is InChI=1S/C14H14N2O2S/c1-10(11-6-3-4-7-12(11)18-2)15-16-14(17)13-8-5-9-19-13/h3-9H,1-2H3,(H,16,17)/b15-10-. The highest BCUT2D eigenvalue weighted by atomic mass is 32.1. The van der Waals surface area contributed by atoms with E-state index in [0.29, 0.717) is 10.6 Å². The van der Waals surface area contributed by atoms with Crippen molar-refractivity contribution in [2.24, 2.45) is 5.10 Å². The van der Waals surface area contributed by atoms with E-state index >= 15 is 0 Å². The van der Waals surface area contributed by atoms with Crippen LogP contribution in [0.3, 0.4) is 0 Å². The number of carbonyl (C=O) groups is 1. The molecule has 0 aliphatic heterocycles. The number of benzene rings is 1. The van der Waals surface area contributed by atoms with Crippen LogP contribution >= 0.6 is 11.3 Å². The predicted molar refractivity (Wildman–Crippen MR) is 77.0 cm³/mol. The number of carbonyl (C=O) groups excluding carboxylic acids is 1. The second kappa shape index (κ2) is 6.15. The summed E-state index contributed by atoms with van der Waals surface area (Å²) in [6.07, 6.45) is 0. The molecule has 0 bridgehead atoms. The van der Waals surface area contributed by atoms with Gasteiger partial charge < -0.3 is 4.74 Å². The van der Waals surface area contributed by atoms with Gasteiger partial charge in [-0.25, -0.2) is 5.43 Å². The van der Waals surface area contributed by atoms with Crippen LogP contribution < -0.4 is 10.2 Å². The molecule has 98 valence electrons. The molecule has 0 aliphatic carbocycles. The van der Waals surface area contributed by atoms with Crippen LogP contribution in [0.15, 0.2) is 46.9 Å². The minimum atomic E-state index is -0.204. The Morgan fingerprint density at radius 2 is 2.05 bits per heavy atom. The fraction of sp³-hybridized carbons (Fsp3) is 0.143.